The molecule has 0 amide bonds. The number of aromatic nitrogens is 1. The first-order chi connectivity index (χ1) is 8.70. The number of nitrogens with zero attached hydrogens (tertiary/aromatic N) is 1. The van der Waals surface area contributed by atoms with E-state index in [0.29, 0.717) is 6.42 Å². The number of methoxy groups -OCH3 is 1. The lowest BCUT2D eigenvalue weighted by Gasteiger charge is -2.12. The Labute approximate surface area is 105 Å². The van der Waals surface area contributed by atoms with Gasteiger partial charge in [0.2, 0.25) is 0 Å². The molecule has 0 aliphatic carbocycles. The van der Waals surface area contributed by atoms with Gasteiger partial charge in [-0.1, -0.05) is 12.1 Å². The topological polar surface area (TPSA) is 42.4 Å². The molecule has 1 aromatic heterocycles. The third-order valence-corrected chi connectivity index (χ3v) is 2.73. The maximum Gasteiger partial charge on any atom is 0.147 e. The highest BCUT2D eigenvalue weighted by Gasteiger charge is 2.13. The minimum atomic E-state index is -0.889. The van der Waals surface area contributed by atoms with Crippen molar-refractivity contribution in [3.05, 3.63) is 59.7 Å². The maximum absolute atomic E-state index is 13.4. The first kappa shape index (κ1) is 12.5. The molecule has 0 aliphatic heterocycles. The lowest BCUT2D eigenvalue weighted by molar-refractivity contribution is 0.173. The molecule has 2 aromatic rings. The molecular formula is C14H14FNO2. The molecular weight excluding hydrogens is 233 g/mol. The summed E-state index contributed by atoms with van der Waals surface area (Å²) in [7, 11) is 1.58. The zero-order valence-electron chi connectivity index (χ0n) is 10.0. The van der Waals surface area contributed by atoms with Crippen LogP contribution in [0.25, 0.3) is 0 Å². The van der Waals surface area contributed by atoms with Gasteiger partial charge in [0.05, 0.1) is 19.4 Å². The smallest absolute Gasteiger partial charge is 0.147 e. The molecule has 1 N–H and O–H groups in total. The van der Waals surface area contributed by atoms with Crippen molar-refractivity contribution in [3.63, 3.8) is 0 Å². The predicted molar refractivity (Wildman–Crippen MR) is 65.9 cm³/mol. The number of ether oxygens (including phenoxy) is 1. The van der Waals surface area contributed by atoms with Crippen LogP contribution in [0, 0.1) is 5.82 Å². The van der Waals surface area contributed by atoms with Gasteiger partial charge in [-0.15, -0.1) is 0 Å². The van der Waals surface area contributed by atoms with Gasteiger partial charge < -0.3 is 9.84 Å². The second-order valence-electron chi connectivity index (χ2n) is 3.97. The van der Waals surface area contributed by atoms with Crippen LogP contribution in [0.2, 0.25) is 0 Å². The number of rotatable bonds is 4. The lowest BCUT2D eigenvalue weighted by atomic mass is 10.0. The molecule has 1 aromatic carbocycles. The SMILES string of the molecule is COc1cccc(CC(O)c2ccncc2F)c1. The number of aliphatic hydroxyl groups is 1. The van der Waals surface area contributed by atoms with Gasteiger partial charge in [0.1, 0.15) is 11.6 Å². The van der Waals surface area contributed by atoms with E-state index in [2.05, 4.69) is 4.98 Å². The Hall–Kier alpha value is -1.94. The fourth-order valence-electron chi connectivity index (χ4n) is 1.79. The Morgan fingerprint density at radius 2 is 2.22 bits per heavy atom. The minimum Gasteiger partial charge on any atom is -0.497 e. The Bertz CT molecular complexity index is 531. The van der Waals surface area contributed by atoms with E-state index in [4.69, 9.17) is 4.74 Å². The van der Waals surface area contributed by atoms with E-state index in [-0.39, 0.29) is 5.56 Å². The Balaban J connectivity index is 2.16. The third kappa shape index (κ3) is 2.84. The van der Waals surface area contributed by atoms with Crippen LogP contribution in [0.4, 0.5) is 4.39 Å². The molecule has 1 unspecified atom stereocenters. The number of halogens is 1. The van der Waals surface area contributed by atoms with Crippen molar-refractivity contribution in [1.29, 1.82) is 0 Å². The first-order valence-electron chi connectivity index (χ1n) is 5.61. The number of hydrogen-bond donors (Lipinski definition) is 1. The highest BCUT2D eigenvalue weighted by Crippen LogP contribution is 2.22. The monoisotopic (exact) mass is 247 g/mol. The van der Waals surface area contributed by atoms with Crippen molar-refractivity contribution in [1.82, 2.24) is 4.98 Å². The van der Waals surface area contributed by atoms with Gasteiger partial charge in [-0.2, -0.15) is 0 Å². The summed E-state index contributed by atoms with van der Waals surface area (Å²) in [5, 5.41) is 10.0. The van der Waals surface area contributed by atoms with Gasteiger partial charge in [-0.05, 0) is 23.8 Å². The molecule has 1 atom stereocenters. The van der Waals surface area contributed by atoms with Gasteiger partial charge in [0, 0.05) is 18.2 Å². The molecule has 4 heteroatoms. The first-order valence-corrected chi connectivity index (χ1v) is 5.61. The van der Waals surface area contributed by atoms with Crippen molar-refractivity contribution in [3.8, 4) is 5.75 Å². The molecule has 0 fully saturated rings. The molecule has 0 radical (unpaired) electrons. The molecule has 0 bridgehead atoms. The van der Waals surface area contributed by atoms with Crippen LogP contribution >= 0.6 is 0 Å². The molecule has 0 spiro atoms. The van der Waals surface area contributed by atoms with Crippen LogP contribution in [0.15, 0.2) is 42.7 Å². The molecule has 0 saturated heterocycles. The van der Waals surface area contributed by atoms with Crippen LogP contribution < -0.4 is 4.74 Å². The predicted octanol–water partition coefficient (Wildman–Crippen LogP) is 2.51. The molecule has 0 aliphatic rings. The lowest BCUT2D eigenvalue weighted by Crippen LogP contribution is -2.04. The summed E-state index contributed by atoms with van der Waals surface area (Å²) in [6, 6.07) is 8.83. The highest BCUT2D eigenvalue weighted by atomic mass is 19.1. The standard InChI is InChI=1S/C14H14FNO2/c1-18-11-4-2-3-10(7-11)8-14(17)12-5-6-16-9-13(12)15/h2-7,9,14,17H,8H2,1H3. The summed E-state index contributed by atoms with van der Waals surface area (Å²) in [5.41, 5.74) is 1.14. The summed E-state index contributed by atoms with van der Waals surface area (Å²) in [6.45, 7) is 0. The average Bonchev–Trinajstić information content (AvgIpc) is 2.39. The van der Waals surface area contributed by atoms with Crippen molar-refractivity contribution in [2.24, 2.45) is 0 Å². The van der Waals surface area contributed by atoms with Crippen LogP contribution in [-0.4, -0.2) is 17.2 Å². The van der Waals surface area contributed by atoms with Crippen LogP contribution in [0.5, 0.6) is 5.75 Å². The fourth-order valence-corrected chi connectivity index (χ4v) is 1.79. The van der Waals surface area contributed by atoms with Gasteiger partial charge in [-0.3, -0.25) is 4.98 Å². The summed E-state index contributed by atoms with van der Waals surface area (Å²) in [6.07, 6.45) is 2.01. The van der Waals surface area contributed by atoms with E-state index >= 15 is 0 Å². The molecule has 2 rings (SSSR count). The fraction of sp³-hybridized carbons (Fsp3) is 0.214. The summed E-state index contributed by atoms with van der Waals surface area (Å²) < 4.78 is 18.5. The van der Waals surface area contributed by atoms with Gasteiger partial charge in [0.25, 0.3) is 0 Å². The second-order valence-corrected chi connectivity index (χ2v) is 3.97. The molecule has 1 heterocycles. The van der Waals surface area contributed by atoms with Crippen molar-refractivity contribution in [2.75, 3.05) is 7.11 Å². The average molecular weight is 247 g/mol. The third-order valence-electron chi connectivity index (χ3n) is 2.73. The van der Waals surface area contributed by atoms with Crippen molar-refractivity contribution in [2.45, 2.75) is 12.5 Å². The van der Waals surface area contributed by atoms with Gasteiger partial charge in [0.15, 0.2) is 0 Å². The van der Waals surface area contributed by atoms with Crippen molar-refractivity contribution < 1.29 is 14.2 Å². The zero-order chi connectivity index (χ0) is 13.0. The molecule has 94 valence electrons. The maximum atomic E-state index is 13.4. The normalized spacial score (nSPS) is 12.2. The highest BCUT2D eigenvalue weighted by molar-refractivity contribution is 5.30. The zero-order valence-corrected chi connectivity index (χ0v) is 10.0. The van der Waals surface area contributed by atoms with E-state index in [1.165, 1.54) is 12.3 Å². The Kier molecular flexibility index (Phi) is 3.89. The summed E-state index contributed by atoms with van der Waals surface area (Å²) in [5.74, 6) is 0.225. The van der Waals surface area contributed by atoms with Crippen LogP contribution in [0.3, 0.4) is 0 Å². The largest absolute Gasteiger partial charge is 0.497 e. The van der Waals surface area contributed by atoms with Gasteiger partial charge >= 0.3 is 0 Å². The number of pyridine rings is 1. The Morgan fingerprint density at radius 1 is 1.39 bits per heavy atom. The van der Waals surface area contributed by atoms with E-state index in [1.807, 2.05) is 24.3 Å². The number of aliphatic hydroxyl groups excluding tert-OH is 1. The minimum absolute atomic E-state index is 0.257. The quantitative estimate of drug-likeness (QED) is 0.902. The number of hydrogen-bond acceptors (Lipinski definition) is 3. The summed E-state index contributed by atoms with van der Waals surface area (Å²) in [4.78, 5) is 3.66. The van der Waals surface area contributed by atoms with Crippen LogP contribution in [-0.2, 0) is 6.42 Å². The van der Waals surface area contributed by atoms with E-state index < -0.39 is 11.9 Å². The van der Waals surface area contributed by atoms with Crippen molar-refractivity contribution >= 4 is 0 Å². The molecule has 0 saturated carbocycles. The Morgan fingerprint density at radius 3 is 2.94 bits per heavy atom. The second kappa shape index (κ2) is 5.60. The molecule has 3 nitrogen and oxygen atoms in total. The number of benzene rings is 1. The van der Waals surface area contributed by atoms with Crippen LogP contribution in [0.1, 0.15) is 17.2 Å². The van der Waals surface area contributed by atoms with Gasteiger partial charge in [-0.25, -0.2) is 4.39 Å². The van der Waals surface area contributed by atoms with E-state index in [0.717, 1.165) is 17.5 Å². The summed E-state index contributed by atoms with van der Waals surface area (Å²) >= 11 is 0. The molecule has 18 heavy (non-hydrogen) atoms. The van der Waals surface area contributed by atoms with E-state index in [9.17, 15) is 9.50 Å². The van der Waals surface area contributed by atoms with E-state index in [1.54, 1.807) is 7.11 Å².